The maximum Gasteiger partial charge on any atom is 0.140 e. The number of fused-ring (bicyclic) bond motifs is 13. The summed E-state index contributed by atoms with van der Waals surface area (Å²) in [7, 11) is 14.6. The number of nitrogens with zero attached hydrogens (tertiary/aromatic N) is 12. The molecular weight excluding hydrogens is 1630 g/mol. The highest BCUT2D eigenvalue weighted by Crippen LogP contribution is 2.42. The van der Waals surface area contributed by atoms with Crippen molar-refractivity contribution < 1.29 is 0 Å². The molecule has 0 aliphatic heterocycles. The van der Waals surface area contributed by atoms with E-state index in [0.29, 0.717) is 0 Å². The summed E-state index contributed by atoms with van der Waals surface area (Å²) in [4.78, 5) is 21.2. The number of rotatable bonds is 0. The maximum absolute atomic E-state index is 4.34. The molecule has 0 radical (unpaired) electrons. The monoisotopic (exact) mass is 1810 g/mol. The van der Waals surface area contributed by atoms with E-state index in [2.05, 4.69) is 384 Å². The van der Waals surface area contributed by atoms with Crippen LogP contribution in [0.2, 0.25) is 0 Å². The van der Waals surface area contributed by atoms with E-state index in [-0.39, 0.29) is 0 Å². The van der Waals surface area contributed by atoms with E-state index >= 15 is 0 Å². The molecule has 12 heterocycles. The first-order valence-electron chi connectivity index (χ1n) is 49.6. The predicted molar refractivity (Wildman–Crippen MR) is 596 cm³/mol. The Kier molecular flexibility index (Phi) is 49.2. The fourth-order valence-corrected chi connectivity index (χ4v) is 16.8. The zero-order chi connectivity index (χ0) is 102. The van der Waals surface area contributed by atoms with Crippen LogP contribution in [0.5, 0.6) is 0 Å². The second-order valence-corrected chi connectivity index (χ2v) is 31.9. The normalized spacial score (nSPS) is 10.2. The molecule has 6 aromatic carbocycles. The summed E-state index contributed by atoms with van der Waals surface area (Å²) in [5, 5.41) is 6.58. The Labute approximate surface area is 811 Å². The zero-order valence-corrected chi connectivity index (χ0v) is 91.8. The Bertz CT molecular complexity index is 5580. The fourth-order valence-electron chi connectivity index (χ4n) is 16.8. The van der Waals surface area contributed by atoms with Crippen LogP contribution in [0, 0.1) is 138 Å². The molecule has 12 aromatic heterocycles. The molecule has 0 bridgehead atoms. The van der Waals surface area contributed by atoms with E-state index in [1.165, 1.54) is 217 Å². The van der Waals surface area contributed by atoms with Crippen LogP contribution < -0.4 is 0 Å². The van der Waals surface area contributed by atoms with Crippen molar-refractivity contribution in [2.45, 2.75) is 276 Å². The van der Waals surface area contributed by atoms with E-state index in [4.69, 9.17) is 0 Å². The van der Waals surface area contributed by atoms with E-state index in [9.17, 15) is 0 Å². The van der Waals surface area contributed by atoms with Crippen LogP contribution in [0.15, 0.2) is 201 Å². The van der Waals surface area contributed by atoms with Gasteiger partial charge in [-0.15, -0.1) is 0 Å². The largest absolute Gasteiger partial charge is 0.348 e. The molecule has 720 valence electrons. The molecule has 134 heavy (non-hydrogen) atoms. The standard InChI is InChI=1S/2C16H16.2C11H13N.5C10H12N2.9C2H6/c1-10-8-14-9-13-6-4-5-7-15(13)16(14)12(3)11(10)2;1-10-8-16-14-7-5-4-6-13(14)9-15(16)12(3)11(10)2;2*1-8-9(2)12(3)11-7-5-4-6-10(8)11;1-7-8(2)12(3)10-4-5-11-6-9(7)10;1-7-8(2)12(3)10-6-11-5-4-9(7)10;2*1-7-8(2)12(3)9-5-4-6-11-10(7)9;1-7-8(2)12(3)10-9(7)5-4-6-11-10;9*1-2/h2*4-8H,9H2,1-3H3;2*4-7H,1-3H3;5*4-6H,1-3H3;9*1-2H3. The molecule has 0 saturated heterocycles. The van der Waals surface area contributed by atoms with Gasteiger partial charge in [0.2, 0.25) is 0 Å². The summed E-state index contributed by atoms with van der Waals surface area (Å²) >= 11 is 0. The first kappa shape index (κ1) is 116. The number of aryl methyl sites for hydroxylation is 16. The minimum absolute atomic E-state index is 1.08. The zero-order valence-electron chi connectivity index (χ0n) is 91.8. The lowest BCUT2D eigenvalue weighted by Gasteiger charge is -2.11. The molecule has 0 atom stereocenters. The van der Waals surface area contributed by atoms with Crippen molar-refractivity contribution >= 4 is 76.7 Å². The van der Waals surface area contributed by atoms with Gasteiger partial charge in [-0.1, -0.05) is 222 Å². The first-order valence-corrected chi connectivity index (χ1v) is 49.6. The minimum atomic E-state index is 1.08. The fraction of sp³-hybridized carbons (Fsp3) is 0.385. The summed E-state index contributed by atoms with van der Waals surface area (Å²) in [6.07, 6.45) is 15.2. The van der Waals surface area contributed by atoms with Crippen molar-refractivity contribution in [3.63, 3.8) is 0 Å². The van der Waals surface area contributed by atoms with Crippen LogP contribution in [-0.4, -0.2) is 56.9 Å². The minimum Gasteiger partial charge on any atom is -0.348 e. The van der Waals surface area contributed by atoms with Crippen LogP contribution in [0.3, 0.4) is 0 Å². The van der Waals surface area contributed by atoms with Gasteiger partial charge in [-0.05, 0) is 329 Å². The lowest BCUT2D eigenvalue weighted by atomic mass is 9.93. The van der Waals surface area contributed by atoms with Gasteiger partial charge in [0.1, 0.15) is 5.65 Å². The highest BCUT2D eigenvalue weighted by Gasteiger charge is 2.24. The van der Waals surface area contributed by atoms with Gasteiger partial charge in [0.15, 0.2) is 0 Å². The van der Waals surface area contributed by atoms with Gasteiger partial charge in [-0.25, -0.2) is 4.98 Å². The maximum atomic E-state index is 4.34. The number of hydrogen-bond donors (Lipinski definition) is 0. The number of pyridine rings is 5. The van der Waals surface area contributed by atoms with Gasteiger partial charge in [0.05, 0.1) is 39.3 Å². The molecule has 0 amide bonds. The second-order valence-electron chi connectivity index (χ2n) is 31.9. The van der Waals surface area contributed by atoms with E-state index in [0.717, 1.165) is 29.5 Å². The molecule has 0 fully saturated rings. The average molecular weight is 1810 g/mol. The van der Waals surface area contributed by atoms with Crippen molar-refractivity contribution in [1.29, 1.82) is 0 Å². The van der Waals surface area contributed by atoms with Crippen LogP contribution in [0.4, 0.5) is 0 Å². The smallest absolute Gasteiger partial charge is 0.140 e. The third-order valence-electron chi connectivity index (χ3n) is 26.2. The highest BCUT2D eigenvalue weighted by molar-refractivity contribution is 5.89. The molecule has 18 aromatic rings. The Morgan fingerprint density at radius 2 is 0.537 bits per heavy atom. The summed E-state index contributed by atoms with van der Waals surface area (Å²) in [6.45, 7) is 79.4. The second kappa shape index (κ2) is 56.8. The van der Waals surface area contributed by atoms with Gasteiger partial charge in [0.25, 0.3) is 0 Å². The topological polar surface area (TPSA) is 99.0 Å². The number of hydrogen-bond acceptors (Lipinski definition) is 5. The quantitative estimate of drug-likeness (QED) is 0.151. The highest BCUT2D eigenvalue weighted by atomic mass is 15.0. The van der Waals surface area contributed by atoms with E-state index in [1.54, 1.807) is 0 Å². The van der Waals surface area contributed by atoms with Crippen molar-refractivity contribution in [1.82, 2.24) is 56.9 Å². The molecule has 2 aliphatic rings. The molecular formula is C122H172N12. The summed E-state index contributed by atoms with van der Waals surface area (Å²) < 4.78 is 15.3. The lowest BCUT2D eigenvalue weighted by molar-refractivity contribution is 0.895. The van der Waals surface area contributed by atoms with Gasteiger partial charge >= 0.3 is 0 Å². The third-order valence-corrected chi connectivity index (χ3v) is 26.2. The van der Waals surface area contributed by atoms with E-state index in [1.807, 2.05) is 186 Å². The molecule has 0 unspecified atom stereocenters. The van der Waals surface area contributed by atoms with Gasteiger partial charge in [-0.2, -0.15) is 0 Å². The number of benzene rings is 6. The predicted octanol–water partition coefficient (Wildman–Crippen LogP) is 34.1. The van der Waals surface area contributed by atoms with Gasteiger partial charge in [0, 0.05) is 164 Å². The Morgan fingerprint density at radius 1 is 0.216 bits per heavy atom. The first-order chi connectivity index (χ1) is 64.4. The molecule has 0 saturated carbocycles. The van der Waals surface area contributed by atoms with E-state index < -0.39 is 0 Å². The summed E-state index contributed by atoms with van der Waals surface area (Å²) in [6, 6.07) is 55.7. The number of aromatic nitrogens is 12. The Balaban J connectivity index is 0.000000381. The summed E-state index contributed by atoms with van der Waals surface area (Å²) in [5.41, 5.74) is 50.0. The molecule has 0 spiro atoms. The molecule has 2 aliphatic carbocycles. The average Bonchev–Trinajstić information content (AvgIpc) is 1.62. The van der Waals surface area contributed by atoms with Crippen molar-refractivity contribution in [3.05, 3.63) is 336 Å². The molecule has 20 rings (SSSR count). The van der Waals surface area contributed by atoms with Crippen LogP contribution in [0.1, 0.15) is 259 Å². The number of para-hydroxylation sites is 2. The van der Waals surface area contributed by atoms with Crippen molar-refractivity contribution in [2.24, 2.45) is 49.3 Å². The SMILES string of the molecule is CC.CC.CC.CC.CC.CC.CC.CC.CC.Cc1c(C)n(C)c2ccccc12.Cc1c(C)n(C)c2ccccc12.Cc1c(C)n(C)c2cccnc12.Cc1c(C)n(C)c2cccnc12.Cc1c(C)n(C)c2ccncc12.Cc1c(C)n(C)c2cnccc12.Cc1c(C)n(C)c2ncccc12.Cc1cc2c(c(C)c1C)-c1ccccc1C2.Cc1cc2c(c(C)c1C)Cc1ccccc1-2. The summed E-state index contributed by atoms with van der Waals surface area (Å²) in [5.74, 6) is 0. The molecule has 12 nitrogen and oxygen atoms in total. The Morgan fingerprint density at radius 3 is 0.978 bits per heavy atom. The van der Waals surface area contributed by atoms with Crippen LogP contribution in [-0.2, 0) is 62.2 Å². The van der Waals surface area contributed by atoms with Crippen molar-refractivity contribution in [3.8, 4) is 22.3 Å². The van der Waals surface area contributed by atoms with Gasteiger partial charge in [-0.3, -0.25) is 19.9 Å². The Hall–Kier alpha value is -12.2. The van der Waals surface area contributed by atoms with Crippen LogP contribution in [0.25, 0.3) is 99.0 Å². The molecule has 12 heteroatoms. The van der Waals surface area contributed by atoms with Gasteiger partial charge < -0.3 is 32.0 Å². The molecule has 0 N–H and O–H groups in total. The van der Waals surface area contributed by atoms with Crippen LogP contribution >= 0.6 is 0 Å². The van der Waals surface area contributed by atoms with Crippen molar-refractivity contribution in [2.75, 3.05) is 0 Å². The third kappa shape index (κ3) is 26.1. The lowest BCUT2D eigenvalue weighted by Crippen LogP contribution is -1.93.